The average molecular weight is 310 g/mol. The van der Waals surface area contributed by atoms with Crippen LogP contribution < -0.4 is 5.14 Å². The van der Waals surface area contributed by atoms with Crippen molar-refractivity contribution in [1.82, 2.24) is 14.8 Å². The lowest BCUT2D eigenvalue weighted by atomic mass is 10.2. The molecule has 2 heterocycles. The van der Waals surface area contributed by atoms with Crippen molar-refractivity contribution in [3.8, 4) is 10.7 Å². The van der Waals surface area contributed by atoms with E-state index in [4.69, 9.17) is 5.14 Å². The van der Waals surface area contributed by atoms with Crippen LogP contribution in [0.5, 0.6) is 0 Å². The largest absolute Gasteiger partial charge is 0.293 e. The van der Waals surface area contributed by atoms with Crippen molar-refractivity contribution in [2.24, 2.45) is 5.14 Å². The van der Waals surface area contributed by atoms with E-state index in [1.54, 1.807) is 15.9 Å². The highest BCUT2D eigenvalue weighted by Crippen LogP contribution is 2.42. The lowest BCUT2D eigenvalue weighted by molar-refractivity contribution is 0.567. The first-order valence-electron chi connectivity index (χ1n) is 6.63. The summed E-state index contributed by atoms with van der Waals surface area (Å²) in [7, 11) is -3.83. The number of nitrogens with zero attached hydrogens (tertiary/aromatic N) is 3. The van der Waals surface area contributed by atoms with Crippen LogP contribution in [0.2, 0.25) is 0 Å². The van der Waals surface area contributed by atoms with Gasteiger partial charge in [0.15, 0.2) is 5.82 Å². The third kappa shape index (κ3) is 1.90. The number of fused-ring (bicyclic) bond motifs is 1. The first kappa shape index (κ1) is 12.5. The van der Waals surface area contributed by atoms with Crippen LogP contribution in [0.4, 0.5) is 0 Å². The molecular formula is C12H14N4O2S2. The van der Waals surface area contributed by atoms with Crippen LogP contribution in [0.25, 0.3) is 10.7 Å². The summed E-state index contributed by atoms with van der Waals surface area (Å²) in [6.07, 6.45) is 5.33. The maximum absolute atomic E-state index is 11.6. The number of rotatable bonds is 3. The van der Waals surface area contributed by atoms with Crippen molar-refractivity contribution in [1.29, 1.82) is 0 Å². The molecule has 2 aromatic heterocycles. The van der Waals surface area contributed by atoms with E-state index in [9.17, 15) is 8.42 Å². The Bertz CT molecular complexity index is 765. The molecule has 2 aliphatic carbocycles. The van der Waals surface area contributed by atoms with E-state index < -0.39 is 10.0 Å². The average Bonchev–Trinajstić information content (AvgIpc) is 2.81. The van der Waals surface area contributed by atoms with E-state index in [0.29, 0.717) is 5.82 Å². The third-order valence-corrected chi connectivity index (χ3v) is 5.82. The van der Waals surface area contributed by atoms with Gasteiger partial charge in [0, 0.05) is 10.9 Å². The number of primary sulfonamides is 1. The standard InChI is InChI=1S/C12H14N4O2S2/c13-20(17,18)12-15-14-11(16(12)8-4-5-8)10-6-7-2-1-3-9(7)19-10/h6,8H,1-5H2,(H2,13,17,18). The Balaban J connectivity index is 1.87. The van der Waals surface area contributed by atoms with Gasteiger partial charge < -0.3 is 0 Å². The maximum atomic E-state index is 11.6. The van der Waals surface area contributed by atoms with Crippen LogP contribution in [0, 0.1) is 0 Å². The van der Waals surface area contributed by atoms with Crippen LogP contribution in [0.3, 0.4) is 0 Å². The van der Waals surface area contributed by atoms with Gasteiger partial charge >= 0.3 is 0 Å². The summed E-state index contributed by atoms with van der Waals surface area (Å²) in [5, 5.41) is 13.0. The van der Waals surface area contributed by atoms with Crippen LogP contribution in [-0.2, 0) is 22.9 Å². The first-order chi connectivity index (χ1) is 9.54. The normalized spacial score (nSPS) is 18.4. The van der Waals surface area contributed by atoms with Crippen molar-refractivity contribution in [3.63, 3.8) is 0 Å². The molecule has 2 N–H and O–H groups in total. The van der Waals surface area contributed by atoms with Crippen molar-refractivity contribution in [2.75, 3.05) is 0 Å². The quantitative estimate of drug-likeness (QED) is 0.929. The maximum Gasteiger partial charge on any atom is 0.273 e. The Hall–Kier alpha value is -1.25. The van der Waals surface area contributed by atoms with Gasteiger partial charge in [-0.3, -0.25) is 4.57 Å². The van der Waals surface area contributed by atoms with E-state index in [-0.39, 0.29) is 11.2 Å². The summed E-state index contributed by atoms with van der Waals surface area (Å²) in [6.45, 7) is 0. The summed E-state index contributed by atoms with van der Waals surface area (Å²) >= 11 is 1.70. The molecule has 0 aliphatic heterocycles. The Kier molecular flexibility index (Phi) is 2.57. The van der Waals surface area contributed by atoms with Gasteiger partial charge in [0.1, 0.15) is 0 Å². The molecule has 1 fully saturated rings. The fourth-order valence-electron chi connectivity index (χ4n) is 2.74. The predicted molar refractivity (Wildman–Crippen MR) is 75.0 cm³/mol. The van der Waals surface area contributed by atoms with Gasteiger partial charge in [0.25, 0.3) is 15.2 Å². The van der Waals surface area contributed by atoms with Crippen LogP contribution in [0.1, 0.15) is 35.7 Å². The molecule has 4 rings (SSSR count). The molecule has 0 amide bonds. The van der Waals surface area contributed by atoms with Crippen LogP contribution in [-0.4, -0.2) is 23.2 Å². The molecule has 1 saturated carbocycles. The monoisotopic (exact) mass is 310 g/mol. The number of hydrogen-bond donors (Lipinski definition) is 1. The Morgan fingerprint density at radius 1 is 1.30 bits per heavy atom. The zero-order valence-electron chi connectivity index (χ0n) is 10.7. The minimum Gasteiger partial charge on any atom is -0.293 e. The molecule has 0 saturated heterocycles. The van der Waals surface area contributed by atoms with Crippen molar-refractivity contribution in [2.45, 2.75) is 43.3 Å². The molecule has 0 atom stereocenters. The van der Waals surface area contributed by atoms with Gasteiger partial charge in [0.05, 0.1) is 4.88 Å². The summed E-state index contributed by atoms with van der Waals surface area (Å²) in [4.78, 5) is 2.39. The molecule has 2 aliphatic rings. The van der Waals surface area contributed by atoms with E-state index in [1.165, 1.54) is 16.9 Å². The molecule has 0 radical (unpaired) electrons. The minimum atomic E-state index is -3.83. The molecule has 106 valence electrons. The summed E-state index contributed by atoms with van der Waals surface area (Å²) in [5.41, 5.74) is 1.37. The van der Waals surface area contributed by atoms with Crippen molar-refractivity contribution < 1.29 is 8.42 Å². The molecule has 20 heavy (non-hydrogen) atoms. The second-order valence-electron chi connectivity index (χ2n) is 5.36. The van der Waals surface area contributed by atoms with Gasteiger partial charge in [-0.25, -0.2) is 13.6 Å². The molecule has 2 aromatic rings. The topological polar surface area (TPSA) is 90.9 Å². The lowest BCUT2D eigenvalue weighted by Crippen LogP contribution is -2.18. The van der Waals surface area contributed by atoms with Gasteiger partial charge in [-0.05, 0) is 43.7 Å². The number of nitrogens with two attached hydrogens (primary N) is 1. The molecule has 0 spiro atoms. The SMILES string of the molecule is NS(=O)(=O)c1nnc(-c2cc3c(s2)CCC3)n1C1CC1. The fourth-order valence-corrected chi connectivity index (χ4v) is 4.64. The molecule has 0 aromatic carbocycles. The minimum absolute atomic E-state index is 0.108. The lowest BCUT2D eigenvalue weighted by Gasteiger charge is -2.06. The first-order valence-corrected chi connectivity index (χ1v) is 9.00. The predicted octanol–water partition coefficient (Wildman–Crippen LogP) is 1.48. The number of hydrogen-bond acceptors (Lipinski definition) is 5. The third-order valence-electron chi connectivity index (χ3n) is 3.80. The summed E-state index contributed by atoms with van der Waals surface area (Å²) in [5.74, 6) is 0.649. The van der Waals surface area contributed by atoms with Crippen molar-refractivity contribution >= 4 is 21.4 Å². The van der Waals surface area contributed by atoms with E-state index in [0.717, 1.165) is 30.6 Å². The van der Waals surface area contributed by atoms with E-state index in [1.807, 2.05) is 0 Å². The highest BCUT2D eigenvalue weighted by molar-refractivity contribution is 7.89. The zero-order chi connectivity index (χ0) is 13.9. The second-order valence-corrected chi connectivity index (χ2v) is 7.96. The molecule has 0 bridgehead atoms. The number of sulfonamides is 1. The van der Waals surface area contributed by atoms with Crippen molar-refractivity contribution in [3.05, 3.63) is 16.5 Å². The van der Waals surface area contributed by atoms with Gasteiger partial charge in [-0.1, -0.05) is 0 Å². The Labute approximate surface area is 120 Å². The Morgan fingerprint density at radius 3 is 2.75 bits per heavy atom. The van der Waals surface area contributed by atoms with Gasteiger partial charge in [-0.2, -0.15) is 0 Å². The van der Waals surface area contributed by atoms with Gasteiger partial charge in [-0.15, -0.1) is 21.5 Å². The summed E-state index contributed by atoms with van der Waals surface area (Å²) in [6, 6.07) is 2.30. The second kappa shape index (κ2) is 4.12. The number of thiophene rings is 1. The zero-order valence-corrected chi connectivity index (χ0v) is 12.4. The Morgan fingerprint density at radius 2 is 2.10 bits per heavy atom. The van der Waals surface area contributed by atoms with E-state index >= 15 is 0 Å². The molecule has 0 unspecified atom stereocenters. The molecular weight excluding hydrogens is 296 g/mol. The number of aryl methyl sites for hydroxylation is 2. The van der Waals surface area contributed by atoms with Crippen LogP contribution >= 0.6 is 11.3 Å². The van der Waals surface area contributed by atoms with E-state index in [2.05, 4.69) is 16.3 Å². The fraction of sp³-hybridized carbons (Fsp3) is 0.500. The molecule has 8 heteroatoms. The smallest absolute Gasteiger partial charge is 0.273 e. The molecule has 6 nitrogen and oxygen atoms in total. The van der Waals surface area contributed by atoms with Gasteiger partial charge in [0.2, 0.25) is 0 Å². The number of aromatic nitrogens is 3. The van der Waals surface area contributed by atoms with Crippen LogP contribution in [0.15, 0.2) is 11.2 Å². The highest BCUT2D eigenvalue weighted by Gasteiger charge is 2.34. The summed E-state index contributed by atoms with van der Waals surface area (Å²) < 4.78 is 25.0. The highest BCUT2D eigenvalue weighted by atomic mass is 32.2.